The molecule has 1 saturated heterocycles. The number of amides is 1. The Balaban J connectivity index is 1.85. The second-order valence-corrected chi connectivity index (χ2v) is 8.39. The van der Waals surface area contributed by atoms with Gasteiger partial charge in [-0.2, -0.15) is 0 Å². The molecule has 1 aliphatic heterocycles. The van der Waals surface area contributed by atoms with E-state index in [4.69, 9.17) is 4.74 Å². The van der Waals surface area contributed by atoms with Gasteiger partial charge in [-0.3, -0.25) is 9.69 Å². The zero-order valence-corrected chi connectivity index (χ0v) is 18.1. The van der Waals surface area contributed by atoms with Crippen molar-refractivity contribution in [3.8, 4) is 0 Å². The first kappa shape index (κ1) is 22.9. The molecule has 0 bridgehead atoms. The van der Waals surface area contributed by atoms with Crippen molar-refractivity contribution < 1.29 is 23.1 Å². The minimum atomic E-state index is -0.945. The number of benzene rings is 2. The van der Waals surface area contributed by atoms with E-state index >= 15 is 0 Å². The van der Waals surface area contributed by atoms with Crippen LogP contribution in [0.1, 0.15) is 54.2 Å². The van der Waals surface area contributed by atoms with E-state index in [-0.39, 0.29) is 12.3 Å². The number of rotatable bonds is 7. The minimum Gasteiger partial charge on any atom is -0.465 e. The summed E-state index contributed by atoms with van der Waals surface area (Å²) >= 11 is 0. The third-order valence-electron chi connectivity index (χ3n) is 5.92. The lowest BCUT2D eigenvalue weighted by molar-refractivity contribution is -0.122. The number of ether oxygens (including phenoxy) is 1. The van der Waals surface area contributed by atoms with Crippen LogP contribution < -0.4 is 5.32 Å². The van der Waals surface area contributed by atoms with Crippen molar-refractivity contribution in [2.24, 2.45) is 0 Å². The maximum atomic E-state index is 14.0. The second-order valence-electron chi connectivity index (χ2n) is 8.39. The Labute approximate surface area is 181 Å². The summed E-state index contributed by atoms with van der Waals surface area (Å²) in [7, 11) is 1.30. The smallest absolute Gasteiger partial charge is 0.337 e. The Hall–Kier alpha value is -2.80. The first-order valence-corrected chi connectivity index (χ1v) is 10.4. The van der Waals surface area contributed by atoms with Gasteiger partial charge in [0, 0.05) is 5.54 Å². The van der Waals surface area contributed by atoms with Crippen molar-refractivity contribution in [1.29, 1.82) is 0 Å². The lowest BCUT2D eigenvalue weighted by Crippen LogP contribution is -2.53. The second kappa shape index (κ2) is 9.56. The summed E-state index contributed by atoms with van der Waals surface area (Å²) in [6.07, 6.45) is 2.16. The molecular weight excluding hydrogens is 402 g/mol. The normalized spacial score (nSPS) is 15.5. The van der Waals surface area contributed by atoms with Crippen molar-refractivity contribution in [2.45, 2.75) is 44.7 Å². The summed E-state index contributed by atoms with van der Waals surface area (Å²) in [6.45, 7) is 5.76. The van der Waals surface area contributed by atoms with Gasteiger partial charge in [0.15, 0.2) is 11.6 Å². The van der Waals surface area contributed by atoms with Gasteiger partial charge in [0.25, 0.3) is 0 Å². The average molecular weight is 430 g/mol. The van der Waals surface area contributed by atoms with E-state index in [1.165, 1.54) is 13.2 Å². The summed E-state index contributed by atoms with van der Waals surface area (Å²) in [4.78, 5) is 27.0. The van der Waals surface area contributed by atoms with E-state index in [0.717, 1.165) is 38.1 Å². The molecule has 0 radical (unpaired) electrons. The Morgan fingerprint density at radius 2 is 1.81 bits per heavy atom. The highest BCUT2D eigenvalue weighted by Crippen LogP contribution is 2.34. The molecule has 31 heavy (non-hydrogen) atoms. The highest BCUT2D eigenvalue weighted by molar-refractivity contribution is 5.90. The van der Waals surface area contributed by atoms with E-state index in [0.29, 0.717) is 16.7 Å². The quantitative estimate of drug-likeness (QED) is 0.674. The molecule has 0 unspecified atom stereocenters. The van der Waals surface area contributed by atoms with Crippen molar-refractivity contribution >= 4 is 11.9 Å². The summed E-state index contributed by atoms with van der Waals surface area (Å²) in [6, 6.07) is 9.88. The summed E-state index contributed by atoms with van der Waals surface area (Å²) in [5, 5.41) is 3.02. The van der Waals surface area contributed by atoms with Gasteiger partial charge in [-0.25, -0.2) is 13.6 Å². The SMILES string of the molecule is COC(=O)c1cccc(CC(=O)N[C@@H](c2ccc(F)c(F)c2)C(C)(C)N2CCCC2)c1. The minimum absolute atomic E-state index is 0.0427. The molecule has 1 aliphatic rings. The third-order valence-corrected chi connectivity index (χ3v) is 5.92. The van der Waals surface area contributed by atoms with Gasteiger partial charge >= 0.3 is 5.97 Å². The third kappa shape index (κ3) is 5.28. The van der Waals surface area contributed by atoms with E-state index in [9.17, 15) is 18.4 Å². The van der Waals surface area contributed by atoms with Gasteiger partial charge < -0.3 is 10.1 Å². The van der Waals surface area contributed by atoms with Crippen LogP contribution in [0.5, 0.6) is 0 Å². The molecule has 1 heterocycles. The van der Waals surface area contributed by atoms with Crippen LogP contribution in [0, 0.1) is 11.6 Å². The summed E-state index contributed by atoms with van der Waals surface area (Å²) in [5.74, 6) is -2.62. The number of hydrogen-bond acceptors (Lipinski definition) is 4. The first-order valence-electron chi connectivity index (χ1n) is 10.4. The Kier molecular flexibility index (Phi) is 7.05. The Morgan fingerprint density at radius 3 is 2.45 bits per heavy atom. The van der Waals surface area contributed by atoms with Crippen LogP contribution in [0.25, 0.3) is 0 Å². The Morgan fingerprint density at radius 1 is 1.10 bits per heavy atom. The molecule has 7 heteroatoms. The standard InChI is InChI=1S/C24H28F2N2O3/c1-24(2,28-11-4-5-12-28)22(17-9-10-19(25)20(26)15-17)27-21(29)14-16-7-6-8-18(13-16)23(30)31-3/h6-10,13,15,22H,4-5,11-12,14H2,1-3H3,(H,27,29)/t22-/m0/s1. The zero-order chi connectivity index (χ0) is 22.6. The molecule has 166 valence electrons. The highest BCUT2D eigenvalue weighted by atomic mass is 19.2. The molecule has 5 nitrogen and oxygen atoms in total. The number of carbonyl (C=O) groups excluding carboxylic acids is 2. The molecule has 0 spiro atoms. The van der Waals surface area contributed by atoms with Crippen LogP contribution in [0.15, 0.2) is 42.5 Å². The number of nitrogens with zero attached hydrogens (tertiary/aromatic N) is 1. The molecule has 1 fully saturated rings. The predicted octanol–water partition coefficient (Wildman–Crippen LogP) is 4.03. The van der Waals surface area contributed by atoms with Crippen LogP contribution in [-0.4, -0.2) is 42.5 Å². The number of halogens is 2. The first-order chi connectivity index (χ1) is 14.7. The highest BCUT2D eigenvalue weighted by Gasteiger charge is 2.39. The van der Waals surface area contributed by atoms with Gasteiger partial charge in [0.2, 0.25) is 5.91 Å². The van der Waals surface area contributed by atoms with Crippen LogP contribution >= 0.6 is 0 Å². The fourth-order valence-corrected chi connectivity index (χ4v) is 4.16. The van der Waals surface area contributed by atoms with Gasteiger partial charge in [-0.15, -0.1) is 0 Å². The average Bonchev–Trinajstić information content (AvgIpc) is 3.29. The monoisotopic (exact) mass is 430 g/mol. The molecule has 1 amide bonds. The fourth-order valence-electron chi connectivity index (χ4n) is 4.16. The predicted molar refractivity (Wildman–Crippen MR) is 114 cm³/mol. The van der Waals surface area contributed by atoms with Crippen LogP contribution in [-0.2, 0) is 16.0 Å². The van der Waals surface area contributed by atoms with Crippen molar-refractivity contribution in [3.63, 3.8) is 0 Å². The van der Waals surface area contributed by atoms with Gasteiger partial charge in [0.05, 0.1) is 25.1 Å². The van der Waals surface area contributed by atoms with Crippen molar-refractivity contribution in [3.05, 3.63) is 70.8 Å². The summed E-state index contributed by atoms with van der Waals surface area (Å²) in [5.41, 5.74) is 1.02. The topological polar surface area (TPSA) is 58.6 Å². The van der Waals surface area contributed by atoms with Gasteiger partial charge in [-0.1, -0.05) is 18.2 Å². The fraction of sp³-hybridized carbons (Fsp3) is 0.417. The van der Waals surface area contributed by atoms with E-state index in [1.54, 1.807) is 24.3 Å². The molecule has 0 saturated carbocycles. The largest absolute Gasteiger partial charge is 0.465 e. The number of hydrogen-bond donors (Lipinski definition) is 1. The Bertz CT molecular complexity index is 956. The number of methoxy groups -OCH3 is 1. The molecule has 2 aromatic carbocycles. The van der Waals surface area contributed by atoms with Gasteiger partial charge in [-0.05, 0) is 75.2 Å². The maximum Gasteiger partial charge on any atom is 0.337 e. The van der Waals surface area contributed by atoms with Crippen molar-refractivity contribution in [1.82, 2.24) is 10.2 Å². The lowest BCUT2D eigenvalue weighted by atomic mass is 9.86. The summed E-state index contributed by atoms with van der Waals surface area (Å²) < 4.78 is 32.3. The van der Waals surface area contributed by atoms with Gasteiger partial charge in [0.1, 0.15) is 0 Å². The van der Waals surface area contributed by atoms with Crippen LogP contribution in [0.4, 0.5) is 8.78 Å². The molecule has 0 aliphatic carbocycles. The van der Waals surface area contributed by atoms with E-state index in [2.05, 4.69) is 10.2 Å². The zero-order valence-electron chi connectivity index (χ0n) is 18.1. The number of carbonyl (C=O) groups is 2. The lowest BCUT2D eigenvalue weighted by Gasteiger charge is -2.42. The van der Waals surface area contributed by atoms with Crippen LogP contribution in [0.2, 0.25) is 0 Å². The molecule has 0 aromatic heterocycles. The number of likely N-dealkylation sites (tertiary alicyclic amines) is 1. The molecule has 1 N–H and O–H groups in total. The molecule has 1 atom stereocenters. The number of esters is 1. The van der Waals surface area contributed by atoms with E-state index in [1.807, 2.05) is 13.8 Å². The molecular formula is C24H28F2N2O3. The molecule has 3 rings (SSSR count). The maximum absolute atomic E-state index is 14.0. The number of nitrogens with one attached hydrogen (secondary N) is 1. The van der Waals surface area contributed by atoms with Crippen LogP contribution in [0.3, 0.4) is 0 Å². The van der Waals surface area contributed by atoms with E-state index < -0.39 is 29.2 Å². The molecule has 2 aromatic rings. The van der Waals surface area contributed by atoms with Crippen molar-refractivity contribution in [2.75, 3.05) is 20.2 Å².